The Hall–Kier alpha value is -16.3. The van der Waals surface area contributed by atoms with E-state index in [1.807, 2.05) is 263 Å². The number of rotatable bonds is 27. The summed E-state index contributed by atoms with van der Waals surface area (Å²) in [5, 5.41) is 2.56. The van der Waals surface area contributed by atoms with Crippen molar-refractivity contribution in [1.82, 2.24) is 52.7 Å². The monoisotopic (exact) mass is 1880 g/mol. The third-order valence-corrected chi connectivity index (χ3v) is 25.8. The van der Waals surface area contributed by atoms with Crippen LogP contribution in [0.3, 0.4) is 0 Å². The molecule has 0 aliphatic rings. The largest absolute Gasteiger partial charge is 0.496 e. The van der Waals surface area contributed by atoms with Crippen molar-refractivity contribution in [3.8, 4) is 39.9 Å². The number of carbonyl (C=O) groups excluding carboxylic acids is 5. The van der Waals surface area contributed by atoms with Crippen molar-refractivity contribution < 1.29 is 33.4 Å². The number of carbonyl (C=O) groups is 5. The van der Waals surface area contributed by atoms with Crippen molar-refractivity contribution in [1.29, 1.82) is 0 Å². The number of fused-ring (bicyclic) bond motifs is 6. The summed E-state index contributed by atoms with van der Waals surface area (Å²) in [4.78, 5) is 89.1. The summed E-state index contributed by atoms with van der Waals surface area (Å²) in [6.45, 7) is 12.4. The highest BCUT2D eigenvalue weighted by atomic mass is 35.5. The zero-order valence-corrected chi connectivity index (χ0v) is 80.8. The zero-order chi connectivity index (χ0) is 97.3. The third kappa shape index (κ3) is 23.0. The smallest absolute Gasteiger partial charge is 0.163 e. The van der Waals surface area contributed by atoms with Crippen molar-refractivity contribution in [3.63, 3.8) is 0 Å². The molecule has 20 heteroatoms. The van der Waals surface area contributed by atoms with Gasteiger partial charge in [-0.1, -0.05) is 168 Å². The molecule has 18 nitrogen and oxygen atoms in total. The zero-order valence-electron chi connectivity index (χ0n) is 79.3. The highest BCUT2D eigenvalue weighted by Gasteiger charge is 2.20. The molecular formula is C120H105Cl2N11O7. The Kier molecular flexibility index (Phi) is 30.2. The van der Waals surface area contributed by atoms with E-state index in [9.17, 15) is 24.0 Å². The normalized spacial score (nSPS) is 11.1. The number of methoxy groups -OCH3 is 2. The molecule has 0 aliphatic carbocycles. The first-order valence-corrected chi connectivity index (χ1v) is 47.5. The molecule has 0 spiro atoms. The number of aromatic amines is 1. The van der Waals surface area contributed by atoms with Gasteiger partial charge in [0.15, 0.2) is 28.9 Å². The summed E-state index contributed by atoms with van der Waals surface area (Å²) in [6.07, 6.45) is 16.5. The Morgan fingerprint density at radius 2 is 0.579 bits per heavy atom. The van der Waals surface area contributed by atoms with Gasteiger partial charge >= 0.3 is 0 Å². The van der Waals surface area contributed by atoms with E-state index in [0.29, 0.717) is 90.1 Å². The molecule has 6 aromatic heterocycles. The van der Waals surface area contributed by atoms with Crippen LogP contribution in [0.15, 0.2) is 365 Å². The van der Waals surface area contributed by atoms with Gasteiger partial charge in [-0.25, -0.2) is 24.9 Å². The van der Waals surface area contributed by atoms with Gasteiger partial charge in [-0.3, -0.25) is 46.8 Å². The van der Waals surface area contributed by atoms with E-state index in [2.05, 4.69) is 184 Å². The van der Waals surface area contributed by atoms with Gasteiger partial charge in [-0.05, 0) is 317 Å². The molecule has 21 rings (SSSR count). The van der Waals surface area contributed by atoms with Gasteiger partial charge in [-0.15, -0.1) is 0 Å². The molecule has 140 heavy (non-hydrogen) atoms. The first-order chi connectivity index (χ1) is 68.1. The number of Topliss-reactive ketones (excluding diaryl/α,β-unsaturated/α-hetero) is 5. The lowest BCUT2D eigenvalue weighted by Crippen LogP contribution is -2.03. The minimum Gasteiger partial charge on any atom is -0.496 e. The number of hydrogen-bond donors (Lipinski definition) is 1. The number of aromatic nitrogens is 11. The van der Waals surface area contributed by atoms with Gasteiger partial charge in [0.05, 0.1) is 69.4 Å². The lowest BCUT2D eigenvalue weighted by Gasteiger charge is -2.09. The van der Waals surface area contributed by atoms with Gasteiger partial charge < -0.3 is 14.5 Å². The maximum Gasteiger partial charge on any atom is 0.163 e. The summed E-state index contributed by atoms with van der Waals surface area (Å²) in [5.74, 6) is 2.23. The SMILES string of the molecule is COc1cc(C)ccc1CCC(=O)c1ccc2c(c1)ncn2-c1cccc(C)c1.COc1ccccc1CCC(=O)c1ccc2c(c1)ncn2-c1cccc(C)c1.Cc1ccc(CCC(=O)c2ccc3c(c2)ncn3-c2cccc(C)c2)cc1.Cc1cccc(-n2cnc3cc(C(=O)CCc4ccccc4Cl)ccc32)c1.O=C(CCc1ccccc1Cl)c1ccc2c(c1)ncn2-c1ccc2[nH]ccc2c1. The summed E-state index contributed by atoms with van der Waals surface area (Å²) in [7, 11) is 3.32. The minimum absolute atomic E-state index is 0.0927. The van der Waals surface area contributed by atoms with Crippen LogP contribution in [0, 0.1) is 41.5 Å². The quantitative estimate of drug-likeness (QED) is 0.0477. The van der Waals surface area contributed by atoms with E-state index in [0.717, 1.165) is 146 Å². The Labute approximate surface area is 823 Å². The number of nitrogens with zero attached hydrogens (tertiary/aromatic N) is 10. The number of ketones is 5. The molecule has 6 heterocycles. The molecule has 0 saturated heterocycles. The Bertz CT molecular complexity index is 8110. The van der Waals surface area contributed by atoms with E-state index in [1.54, 1.807) is 26.9 Å². The van der Waals surface area contributed by atoms with E-state index in [-0.39, 0.29) is 28.9 Å². The molecule has 21 aromatic rings. The molecule has 0 aliphatic heterocycles. The van der Waals surface area contributed by atoms with Gasteiger partial charge in [0.2, 0.25) is 0 Å². The summed E-state index contributed by atoms with van der Waals surface area (Å²) < 4.78 is 21.1. The Morgan fingerprint density at radius 3 is 0.929 bits per heavy atom. The lowest BCUT2D eigenvalue weighted by molar-refractivity contribution is 0.0975. The standard InChI is InChI=1S/C25H24N2O2.C24H18ClN3O.C24H22N2O2.C24H22N2O.C23H19ClN2O/c1-17-5-4-6-21(13-17)27-16-26-22-15-20(9-11-23(22)27)24(28)12-10-19-8-7-18(2)14-25(19)29-3;25-20-4-2-1-3-16(20)6-10-24(29)18-5-9-23-22(14-18)27-15-28(23)19-7-8-21-17(13-19)11-12-26-21;1-17-6-5-8-20(14-17)26-16-25-21-15-19(10-12-22(21)26)23(27)13-11-18-7-3-4-9-24(18)28-2;1-17-6-8-19(9-7-17)10-13-24(27)20-11-12-23-22(15-20)25-16-26(23)21-5-3-4-18(2)14-21;1-16-5-4-7-19(13-16)26-15-25-21-14-18(9-11-22(21)26)23(27)12-10-17-6-2-3-8-20(17)24/h4-9,11,13-16H,10,12H2,1-3H3;1-5,7-9,11-15,26H,6,10H2;3-10,12,14-16H,11,13H2,1-2H3;3-9,11-12,14-16H,10,13H2,1-2H3;2-9,11,13-15H,10,12H2,1H3. The van der Waals surface area contributed by atoms with E-state index < -0.39 is 0 Å². The maximum atomic E-state index is 12.8. The third-order valence-electron chi connectivity index (χ3n) is 25.1. The van der Waals surface area contributed by atoms with Crippen LogP contribution >= 0.6 is 23.2 Å². The van der Waals surface area contributed by atoms with E-state index in [4.69, 9.17) is 32.7 Å². The molecule has 0 radical (unpaired) electrons. The fourth-order valence-corrected chi connectivity index (χ4v) is 17.8. The van der Waals surface area contributed by atoms with Crippen molar-refractivity contribution in [3.05, 3.63) is 464 Å². The number of ether oxygens (including phenoxy) is 2. The second kappa shape index (κ2) is 44.2. The van der Waals surface area contributed by atoms with Gasteiger partial charge in [0, 0.05) is 116 Å². The van der Waals surface area contributed by atoms with Gasteiger partial charge in [-0.2, -0.15) is 0 Å². The summed E-state index contributed by atoms with van der Waals surface area (Å²) in [5.41, 5.74) is 31.4. The molecule has 1 N–H and O–H groups in total. The highest BCUT2D eigenvalue weighted by molar-refractivity contribution is 6.31. The van der Waals surface area contributed by atoms with Crippen molar-refractivity contribution in [2.24, 2.45) is 0 Å². The second-order valence-corrected chi connectivity index (χ2v) is 35.9. The second-order valence-electron chi connectivity index (χ2n) is 35.1. The summed E-state index contributed by atoms with van der Waals surface area (Å²) >= 11 is 12.4. The molecule has 0 bridgehead atoms. The molecule has 696 valence electrons. The predicted molar refractivity (Wildman–Crippen MR) is 564 cm³/mol. The number of halogens is 2. The minimum atomic E-state index is 0.0927. The molecule has 0 saturated carbocycles. The topological polar surface area (TPSA) is 209 Å². The number of hydrogen-bond acceptors (Lipinski definition) is 12. The van der Waals surface area contributed by atoms with Crippen molar-refractivity contribution in [2.45, 2.75) is 106 Å². The number of aryl methyl sites for hydroxylation is 11. The molecule has 0 atom stereocenters. The first kappa shape index (κ1) is 95.4. The highest BCUT2D eigenvalue weighted by Crippen LogP contribution is 2.32. The average Bonchev–Trinajstić information content (AvgIpc) is 1.67. The summed E-state index contributed by atoms with van der Waals surface area (Å²) in [6, 6.07) is 108. The number of para-hydroxylation sites is 1. The van der Waals surface area contributed by atoms with Crippen LogP contribution in [0.1, 0.15) is 145 Å². The first-order valence-electron chi connectivity index (χ1n) is 46.8. The molecule has 15 aromatic carbocycles. The Morgan fingerprint density at radius 1 is 0.271 bits per heavy atom. The van der Waals surface area contributed by atoms with Gasteiger partial charge in [0.25, 0.3) is 0 Å². The molecular weight excluding hydrogens is 1780 g/mol. The predicted octanol–water partition coefficient (Wildman–Crippen LogP) is 27.9. The van der Waals surface area contributed by atoms with Crippen LogP contribution in [0.2, 0.25) is 10.0 Å². The van der Waals surface area contributed by atoms with Crippen LogP contribution in [0.4, 0.5) is 0 Å². The van der Waals surface area contributed by atoms with E-state index in [1.165, 1.54) is 33.4 Å². The van der Waals surface area contributed by atoms with Crippen molar-refractivity contribution in [2.75, 3.05) is 14.2 Å². The number of imidazole rings is 5. The number of benzene rings is 15. The molecule has 0 unspecified atom stereocenters. The van der Waals surface area contributed by atoms with Crippen LogP contribution in [-0.4, -0.2) is 95.9 Å². The van der Waals surface area contributed by atoms with E-state index >= 15 is 0 Å². The van der Waals surface area contributed by atoms with Crippen LogP contribution in [0.5, 0.6) is 11.5 Å². The fraction of sp³-hybridized carbons (Fsp3) is 0.150. The lowest BCUT2D eigenvalue weighted by atomic mass is 10.0. The number of H-pyrrole nitrogens is 1. The molecule has 0 amide bonds. The van der Waals surface area contributed by atoms with Crippen molar-refractivity contribution >= 4 is 118 Å². The average molecular weight is 1880 g/mol. The maximum absolute atomic E-state index is 12.8. The number of nitrogens with one attached hydrogen (secondary N) is 1. The fourth-order valence-electron chi connectivity index (χ4n) is 17.4. The van der Waals surface area contributed by atoms with Crippen LogP contribution in [-0.2, 0) is 32.1 Å². The van der Waals surface area contributed by atoms with Crippen LogP contribution < -0.4 is 9.47 Å². The Balaban J connectivity index is 0.000000121. The van der Waals surface area contributed by atoms with Crippen LogP contribution in [0.25, 0.3) is 94.5 Å². The van der Waals surface area contributed by atoms with Gasteiger partial charge in [0.1, 0.15) is 43.1 Å². The molecule has 0 fully saturated rings.